The number of aliphatic hydroxyl groups excluding tert-OH is 1. The Hall–Kier alpha value is -2.99. The maximum Gasteiger partial charge on any atom is 0.322 e. The molecule has 6 nitrogen and oxygen atoms in total. The van der Waals surface area contributed by atoms with Crippen LogP contribution in [0.25, 0.3) is 10.9 Å². The molecular formula is C19H20N4O2. The first kappa shape index (κ1) is 16.9. The first-order valence-electron chi connectivity index (χ1n) is 8.17. The van der Waals surface area contributed by atoms with Crippen LogP contribution in [0.1, 0.15) is 12.0 Å². The monoisotopic (exact) mass is 336 g/mol. The highest BCUT2D eigenvalue weighted by Crippen LogP contribution is 2.21. The quantitative estimate of drug-likeness (QED) is 0.725. The fourth-order valence-electron chi connectivity index (χ4n) is 2.62. The molecule has 0 aliphatic heterocycles. The highest BCUT2D eigenvalue weighted by atomic mass is 16.3. The third-order valence-corrected chi connectivity index (χ3v) is 3.87. The van der Waals surface area contributed by atoms with E-state index in [0.717, 1.165) is 16.5 Å². The summed E-state index contributed by atoms with van der Waals surface area (Å²) in [5.41, 5.74) is 2.41. The fraction of sp³-hybridized carbons (Fsp3) is 0.211. The summed E-state index contributed by atoms with van der Waals surface area (Å²) in [7, 11) is 0. The Bertz CT molecular complexity index is 834. The number of nitrogens with zero attached hydrogens (tertiary/aromatic N) is 3. The van der Waals surface area contributed by atoms with Gasteiger partial charge in [-0.1, -0.05) is 18.2 Å². The smallest absolute Gasteiger partial charge is 0.322 e. The van der Waals surface area contributed by atoms with Gasteiger partial charge in [-0.15, -0.1) is 0 Å². The second kappa shape index (κ2) is 8.21. The highest BCUT2D eigenvalue weighted by molar-refractivity contribution is 5.99. The molecular weight excluding hydrogens is 316 g/mol. The number of amides is 2. The van der Waals surface area contributed by atoms with Crippen molar-refractivity contribution in [3.8, 4) is 0 Å². The van der Waals surface area contributed by atoms with Crippen LogP contribution >= 0.6 is 0 Å². The lowest BCUT2D eigenvalue weighted by atomic mass is 10.2. The summed E-state index contributed by atoms with van der Waals surface area (Å²) >= 11 is 0. The Balaban J connectivity index is 1.79. The Morgan fingerprint density at radius 2 is 1.88 bits per heavy atom. The molecule has 2 N–H and O–H groups in total. The van der Waals surface area contributed by atoms with Crippen molar-refractivity contribution >= 4 is 22.6 Å². The molecule has 0 aliphatic rings. The minimum absolute atomic E-state index is 0.0376. The molecule has 0 aliphatic carbocycles. The molecule has 0 spiro atoms. The maximum absolute atomic E-state index is 12.8. The molecule has 0 bridgehead atoms. The number of urea groups is 1. The number of hydrogen-bond donors (Lipinski definition) is 2. The first-order chi connectivity index (χ1) is 12.3. The number of aromatic nitrogens is 2. The zero-order valence-electron chi connectivity index (χ0n) is 13.8. The Kier molecular flexibility index (Phi) is 5.53. The lowest BCUT2D eigenvalue weighted by Crippen LogP contribution is -2.35. The number of rotatable bonds is 6. The molecule has 6 heteroatoms. The SMILES string of the molecule is O=C(Nc1cccc2cccnc12)N(CCCO)Cc1ccncc1. The Labute approximate surface area is 146 Å². The van der Waals surface area contributed by atoms with Crippen LogP contribution < -0.4 is 5.32 Å². The van der Waals surface area contributed by atoms with Gasteiger partial charge in [-0.25, -0.2) is 4.79 Å². The fourth-order valence-corrected chi connectivity index (χ4v) is 2.62. The standard InChI is InChI=1S/C19H20N4O2/c24-13-3-12-23(14-15-7-10-20-11-8-15)19(25)22-17-6-1-4-16-5-2-9-21-18(16)17/h1-2,4-11,24H,3,12-14H2,(H,22,25). The number of anilines is 1. The van der Waals surface area contributed by atoms with Crippen LogP contribution in [0.15, 0.2) is 61.1 Å². The summed E-state index contributed by atoms with van der Waals surface area (Å²) in [5.74, 6) is 0. The number of aliphatic hydroxyl groups is 1. The van der Waals surface area contributed by atoms with Gasteiger partial charge < -0.3 is 15.3 Å². The van der Waals surface area contributed by atoms with E-state index in [2.05, 4.69) is 15.3 Å². The van der Waals surface area contributed by atoms with E-state index < -0.39 is 0 Å². The largest absolute Gasteiger partial charge is 0.396 e. The Morgan fingerprint density at radius 3 is 2.68 bits per heavy atom. The van der Waals surface area contributed by atoms with Crippen molar-refractivity contribution < 1.29 is 9.90 Å². The summed E-state index contributed by atoms with van der Waals surface area (Å²) in [5, 5.41) is 13.0. The average molecular weight is 336 g/mol. The van der Waals surface area contributed by atoms with Gasteiger partial charge in [0.1, 0.15) is 0 Å². The predicted molar refractivity (Wildman–Crippen MR) is 97.1 cm³/mol. The molecule has 2 aromatic heterocycles. The third-order valence-electron chi connectivity index (χ3n) is 3.87. The first-order valence-corrected chi connectivity index (χ1v) is 8.17. The van der Waals surface area contributed by atoms with Gasteiger partial charge >= 0.3 is 6.03 Å². The minimum Gasteiger partial charge on any atom is -0.396 e. The zero-order chi connectivity index (χ0) is 17.5. The van der Waals surface area contributed by atoms with E-state index in [4.69, 9.17) is 5.11 Å². The van der Waals surface area contributed by atoms with Crippen LogP contribution in [-0.2, 0) is 6.54 Å². The molecule has 1 aromatic carbocycles. The van der Waals surface area contributed by atoms with Crippen molar-refractivity contribution in [2.24, 2.45) is 0 Å². The second-order valence-corrected chi connectivity index (χ2v) is 5.67. The number of nitrogens with one attached hydrogen (secondary N) is 1. The Morgan fingerprint density at radius 1 is 1.08 bits per heavy atom. The van der Waals surface area contributed by atoms with Crippen molar-refractivity contribution in [1.29, 1.82) is 0 Å². The molecule has 0 atom stereocenters. The normalized spacial score (nSPS) is 10.6. The van der Waals surface area contributed by atoms with Gasteiger partial charge in [0.15, 0.2) is 0 Å². The van der Waals surface area contributed by atoms with E-state index in [1.807, 2.05) is 42.5 Å². The topological polar surface area (TPSA) is 78.4 Å². The molecule has 3 aromatic rings. The predicted octanol–water partition coefficient (Wildman–Crippen LogP) is 3.05. The maximum atomic E-state index is 12.8. The average Bonchev–Trinajstić information content (AvgIpc) is 2.66. The molecule has 0 unspecified atom stereocenters. The molecule has 25 heavy (non-hydrogen) atoms. The van der Waals surface area contributed by atoms with Gasteiger partial charge in [0.05, 0.1) is 11.2 Å². The number of pyridine rings is 2. The van der Waals surface area contributed by atoms with E-state index in [1.165, 1.54) is 0 Å². The van der Waals surface area contributed by atoms with E-state index in [-0.39, 0.29) is 12.6 Å². The summed E-state index contributed by atoms with van der Waals surface area (Å²) in [6.45, 7) is 0.950. The van der Waals surface area contributed by atoms with Crippen molar-refractivity contribution in [2.45, 2.75) is 13.0 Å². The number of benzene rings is 1. The third kappa shape index (κ3) is 4.30. The number of fused-ring (bicyclic) bond motifs is 1. The molecule has 0 fully saturated rings. The molecule has 0 saturated carbocycles. The van der Waals surface area contributed by atoms with E-state index in [9.17, 15) is 4.79 Å². The van der Waals surface area contributed by atoms with E-state index in [1.54, 1.807) is 23.5 Å². The van der Waals surface area contributed by atoms with Crippen molar-refractivity contribution in [1.82, 2.24) is 14.9 Å². The molecule has 128 valence electrons. The number of carbonyl (C=O) groups excluding carboxylic acids is 1. The van der Waals surface area contributed by atoms with Gasteiger partial charge in [0, 0.05) is 43.7 Å². The lowest BCUT2D eigenvalue weighted by molar-refractivity contribution is 0.199. The van der Waals surface area contributed by atoms with Crippen LogP contribution in [0.5, 0.6) is 0 Å². The van der Waals surface area contributed by atoms with E-state index in [0.29, 0.717) is 25.2 Å². The molecule has 2 amide bonds. The van der Waals surface area contributed by atoms with Gasteiger partial charge in [-0.05, 0) is 36.2 Å². The van der Waals surface area contributed by atoms with Crippen molar-refractivity contribution in [2.75, 3.05) is 18.5 Å². The van der Waals surface area contributed by atoms with Crippen molar-refractivity contribution in [3.05, 3.63) is 66.6 Å². The van der Waals surface area contributed by atoms with Gasteiger partial charge in [0.25, 0.3) is 0 Å². The van der Waals surface area contributed by atoms with Gasteiger partial charge in [-0.3, -0.25) is 9.97 Å². The van der Waals surface area contributed by atoms with Crippen LogP contribution in [0.2, 0.25) is 0 Å². The highest BCUT2D eigenvalue weighted by Gasteiger charge is 2.15. The van der Waals surface area contributed by atoms with Crippen LogP contribution in [-0.4, -0.2) is 39.2 Å². The van der Waals surface area contributed by atoms with Crippen LogP contribution in [0.4, 0.5) is 10.5 Å². The van der Waals surface area contributed by atoms with Crippen LogP contribution in [0, 0.1) is 0 Å². The summed E-state index contributed by atoms with van der Waals surface area (Å²) in [6, 6.07) is 13.0. The molecule has 3 rings (SSSR count). The van der Waals surface area contributed by atoms with Crippen molar-refractivity contribution in [3.63, 3.8) is 0 Å². The number of carbonyl (C=O) groups is 1. The molecule has 0 saturated heterocycles. The molecule has 2 heterocycles. The minimum atomic E-state index is -0.219. The summed E-state index contributed by atoms with van der Waals surface area (Å²) in [4.78, 5) is 22.8. The lowest BCUT2D eigenvalue weighted by Gasteiger charge is -2.23. The van der Waals surface area contributed by atoms with E-state index >= 15 is 0 Å². The zero-order valence-corrected chi connectivity index (χ0v) is 13.8. The van der Waals surface area contributed by atoms with Gasteiger partial charge in [0.2, 0.25) is 0 Å². The molecule has 0 radical (unpaired) electrons. The van der Waals surface area contributed by atoms with Crippen LogP contribution in [0.3, 0.4) is 0 Å². The van der Waals surface area contributed by atoms with Gasteiger partial charge in [-0.2, -0.15) is 0 Å². The summed E-state index contributed by atoms with van der Waals surface area (Å²) < 4.78 is 0. The number of para-hydroxylation sites is 1. The number of hydrogen-bond acceptors (Lipinski definition) is 4. The summed E-state index contributed by atoms with van der Waals surface area (Å²) in [6.07, 6.45) is 5.63. The second-order valence-electron chi connectivity index (χ2n) is 5.67.